The van der Waals surface area contributed by atoms with Gasteiger partial charge in [0.25, 0.3) is 0 Å². The molecule has 0 aliphatic rings. The van der Waals surface area contributed by atoms with Crippen LogP contribution in [0.2, 0.25) is 0 Å². The van der Waals surface area contributed by atoms with Gasteiger partial charge in [0.2, 0.25) is 0 Å². The Morgan fingerprint density at radius 2 is 2.05 bits per heavy atom. The first kappa shape index (κ1) is 16.6. The molecule has 0 unspecified atom stereocenters. The van der Waals surface area contributed by atoms with Gasteiger partial charge in [0.05, 0.1) is 5.69 Å². The van der Waals surface area contributed by atoms with Crippen LogP contribution in [0.5, 0.6) is 0 Å². The Morgan fingerprint density at radius 3 is 2.63 bits per heavy atom. The Morgan fingerprint density at radius 1 is 1.37 bits per heavy atom. The molecule has 0 fully saturated rings. The van der Waals surface area contributed by atoms with Gasteiger partial charge in [-0.05, 0) is 46.7 Å². The van der Waals surface area contributed by atoms with E-state index in [2.05, 4.69) is 57.3 Å². The number of thiazole rings is 1. The van der Waals surface area contributed by atoms with Gasteiger partial charge >= 0.3 is 0 Å². The lowest BCUT2D eigenvalue weighted by Gasteiger charge is -2.19. The maximum Gasteiger partial charge on any atom is 0.107 e. The zero-order valence-corrected chi connectivity index (χ0v) is 14.1. The van der Waals surface area contributed by atoms with Crippen LogP contribution in [0, 0.1) is 5.92 Å². The molecule has 1 heterocycles. The minimum atomic E-state index is 0.153. The van der Waals surface area contributed by atoms with Crippen molar-refractivity contribution in [3.8, 4) is 0 Å². The first-order chi connectivity index (χ1) is 8.76. The van der Waals surface area contributed by atoms with Crippen molar-refractivity contribution in [3.63, 3.8) is 0 Å². The van der Waals surface area contributed by atoms with Crippen molar-refractivity contribution < 1.29 is 0 Å². The predicted molar refractivity (Wildman–Crippen MR) is 84.5 cm³/mol. The number of aromatic nitrogens is 1. The Balaban J connectivity index is 2.38. The summed E-state index contributed by atoms with van der Waals surface area (Å²) in [5, 5.41) is 6.85. The quantitative estimate of drug-likeness (QED) is 0.830. The molecule has 0 saturated heterocycles. The molecule has 0 amide bonds. The lowest BCUT2D eigenvalue weighted by molar-refractivity contribution is 0.300. The minimum Gasteiger partial charge on any atom is -0.306 e. The maximum absolute atomic E-state index is 4.69. The average molecular weight is 283 g/mol. The third-order valence-electron chi connectivity index (χ3n) is 2.89. The van der Waals surface area contributed by atoms with Crippen molar-refractivity contribution >= 4 is 11.3 Å². The fourth-order valence-electron chi connectivity index (χ4n) is 1.68. The standard InChI is InChI=1S/C15H29N3S/c1-12(2)7-8-18(6)10-13-11-19-14(17-13)9-16-15(3,4)5/h11-12,16H,7-10H2,1-6H3. The van der Waals surface area contributed by atoms with E-state index in [1.165, 1.54) is 17.1 Å². The van der Waals surface area contributed by atoms with Crippen LogP contribution in [0.1, 0.15) is 51.7 Å². The summed E-state index contributed by atoms with van der Waals surface area (Å²) in [6.07, 6.45) is 1.25. The van der Waals surface area contributed by atoms with E-state index < -0.39 is 0 Å². The van der Waals surface area contributed by atoms with Gasteiger partial charge in [-0.15, -0.1) is 11.3 Å². The highest BCUT2D eigenvalue weighted by atomic mass is 32.1. The summed E-state index contributed by atoms with van der Waals surface area (Å²) >= 11 is 1.76. The second-order valence-electron chi connectivity index (χ2n) is 6.76. The molecule has 0 atom stereocenters. The summed E-state index contributed by atoms with van der Waals surface area (Å²) in [5.74, 6) is 0.768. The maximum atomic E-state index is 4.69. The Hall–Kier alpha value is -0.450. The zero-order chi connectivity index (χ0) is 14.5. The molecular formula is C15H29N3S. The Labute approximate surface area is 122 Å². The average Bonchev–Trinajstić information content (AvgIpc) is 2.70. The molecule has 4 heteroatoms. The van der Waals surface area contributed by atoms with Crippen LogP contribution in [-0.2, 0) is 13.1 Å². The molecule has 1 N–H and O–H groups in total. The third-order valence-corrected chi connectivity index (χ3v) is 3.79. The highest BCUT2D eigenvalue weighted by molar-refractivity contribution is 7.09. The number of nitrogens with zero attached hydrogens (tertiary/aromatic N) is 2. The molecule has 0 aromatic carbocycles. The van der Waals surface area contributed by atoms with Crippen LogP contribution < -0.4 is 5.32 Å². The minimum absolute atomic E-state index is 0.153. The van der Waals surface area contributed by atoms with E-state index in [-0.39, 0.29) is 5.54 Å². The monoisotopic (exact) mass is 283 g/mol. The molecule has 1 aromatic heterocycles. The van der Waals surface area contributed by atoms with Gasteiger partial charge in [-0.25, -0.2) is 4.98 Å². The largest absolute Gasteiger partial charge is 0.306 e. The highest BCUT2D eigenvalue weighted by Gasteiger charge is 2.11. The molecule has 1 rings (SSSR count). The second-order valence-corrected chi connectivity index (χ2v) is 7.70. The van der Waals surface area contributed by atoms with E-state index in [4.69, 9.17) is 4.98 Å². The molecule has 19 heavy (non-hydrogen) atoms. The fourth-order valence-corrected chi connectivity index (χ4v) is 2.40. The van der Waals surface area contributed by atoms with Gasteiger partial charge in [0.15, 0.2) is 0 Å². The Kier molecular flexibility index (Phi) is 6.43. The van der Waals surface area contributed by atoms with E-state index in [1.54, 1.807) is 11.3 Å². The Bertz CT molecular complexity index is 366. The summed E-state index contributed by atoms with van der Waals surface area (Å²) in [4.78, 5) is 7.05. The molecular weight excluding hydrogens is 254 g/mol. The summed E-state index contributed by atoms with van der Waals surface area (Å²) in [6.45, 7) is 14.1. The lowest BCUT2D eigenvalue weighted by atomic mass is 10.1. The van der Waals surface area contributed by atoms with Crippen LogP contribution in [0.15, 0.2) is 5.38 Å². The number of hydrogen-bond donors (Lipinski definition) is 1. The second kappa shape index (κ2) is 7.36. The molecule has 3 nitrogen and oxygen atoms in total. The smallest absolute Gasteiger partial charge is 0.107 e. The van der Waals surface area contributed by atoms with Gasteiger partial charge < -0.3 is 10.2 Å². The number of hydrogen-bond acceptors (Lipinski definition) is 4. The summed E-state index contributed by atoms with van der Waals surface area (Å²) in [5.41, 5.74) is 1.35. The van der Waals surface area contributed by atoms with E-state index in [9.17, 15) is 0 Å². The van der Waals surface area contributed by atoms with Crippen LogP contribution in [0.25, 0.3) is 0 Å². The summed E-state index contributed by atoms with van der Waals surface area (Å²) in [7, 11) is 2.18. The van der Waals surface area contributed by atoms with Crippen molar-refractivity contribution in [1.29, 1.82) is 0 Å². The first-order valence-corrected chi connectivity index (χ1v) is 8.01. The van der Waals surface area contributed by atoms with Crippen LogP contribution >= 0.6 is 11.3 Å². The first-order valence-electron chi connectivity index (χ1n) is 7.13. The van der Waals surface area contributed by atoms with E-state index in [0.717, 1.165) is 25.6 Å². The van der Waals surface area contributed by atoms with Crippen molar-refractivity contribution in [1.82, 2.24) is 15.2 Å². The van der Waals surface area contributed by atoms with Crippen molar-refractivity contribution in [3.05, 3.63) is 16.1 Å². The normalized spacial score (nSPS) is 12.6. The molecule has 0 bridgehead atoms. The van der Waals surface area contributed by atoms with Crippen LogP contribution in [-0.4, -0.2) is 29.0 Å². The van der Waals surface area contributed by atoms with Gasteiger partial charge in [0, 0.05) is 24.0 Å². The van der Waals surface area contributed by atoms with E-state index in [1.807, 2.05) is 0 Å². The molecule has 0 spiro atoms. The SMILES string of the molecule is CC(C)CCN(C)Cc1csc(CNC(C)(C)C)n1. The molecule has 0 aliphatic heterocycles. The zero-order valence-electron chi connectivity index (χ0n) is 13.3. The van der Waals surface area contributed by atoms with Gasteiger partial charge in [-0.1, -0.05) is 13.8 Å². The van der Waals surface area contributed by atoms with Gasteiger partial charge in [-0.2, -0.15) is 0 Å². The third kappa shape index (κ3) is 7.65. The molecule has 1 aromatic rings. The molecule has 110 valence electrons. The predicted octanol–water partition coefficient (Wildman–Crippen LogP) is 3.51. The molecule has 0 radical (unpaired) electrons. The van der Waals surface area contributed by atoms with Crippen LogP contribution in [0.4, 0.5) is 0 Å². The van der Waals surface area contributed by atoms with Crippen LogP contribution in [0.3, 0.4) is 0 Å². The van der Waals surface area contributed by atoms with E-state index in [0.29, 0.717) is 0 Å². The van der Waals surface area contributed by atoms with Crippen molar-refractivity contribution in [2.45, 2.75) is 59.7 Å². The lowest BCUT2D eigenvalue weighted by Crippen LogP contribution is -2.35. The summed E-state index contributed by atoms with van der Waals surface area (Å²) < 4.78 is 0. The van der Waals surface area contributed by atoms with Gasteiger partial charge in [-0.3, -0.25) is 0 Å². The molecule has 0 saturated carbocycles. The topological polar surface area (TPSA) is 28.2 Å². The summed E-state index contributed by atoms with van der Waals surface area (Å²) in [6, 6.07) is 0. The van der Waals surface area contributed by atoms with Gasteiger partial charge in [0.1, 0.15) is 5.01 Å². The number of nitrogens with one attached hydrogen (secondary N) is 1. The number of rotatable bonds is 7. The van der Waals surface area contributed by atoms with E-state index >= 15 is 0 Å². The fraction of sp³-hybridized carbons (Fsp3) is 0.800. The highest BCUT2D eigenvalue weighted by Crippen LogP contribution is 2.13. The van der Waals surface area contributed by atoms with Crippen molar-refractivity contribution in [2.24, 2.45) is 5.92 Å². The van der Waals surface area contributed by atoms with Crippen molar-refractivity contribution in [2.75, 3.05) is 13.6 Å². The molecule has 0 aliphatic carbocycles.